The number of hydrogen-bond acceptors (Lipinski definition) is 7. The lowest BCUT2D eigenvalue weighted by molar-refractivity contribution is -0.185. The number of amides is 1. The lowest BCUT2D eigenvalue weighted by atomic mass is 10.2. The summed E-state index contributed by atoms with van der Waals surface area (Å²) in [5.41, 5.74) is 1.28. The Balaban J connectivity index is 2.40. The highest BCUT2D eigenvalue weighted by Gasteiger charge is 2.31. The molecule has 0 saturated heterocycles. The number of sulfonamides is 1. The Morgan fingerprint density at radius 3 is 2.09 bits per heavy atom. The predicted molar refractivity (Wildman–Crippen MR) is 125 cm³/mol. The Hall–Kier alpha value is -2.33. The van der Waals surface area contributed by atoms with Crippen molar-refractivity contribution in [2.75, 3.05) is 19.8 Å². The van der Waals surface area contributed by atoms with Gasteiger partial charge < -0.3 is 9.05 Å². The first kappa shape index (κ1) is 26.9. The van der Waals surface area contributed by atoms with Gasteiger partial charge in [0.25, 0.3) is 0 Å². The number of benzene rings is 2. The van der Waals surface area contributed by atoms with Crippen LogP contribution in [0.5, 0.6) is 0 Å². The van der Waals surface area contributed by atoms with Gasteiger partial charge in [-0.1, -0.05) is 42.5 Å². The van der Waals surface area contributed by atoms with Crippen molar-refractivity contribution < 1.29 is 31.7 Å². The third-order valence-corrected chi connectivity index (χ3v) is 7.56. The van der Waals surface area contributed by atoms with Crippen molar-refractivity contribution in [1.82, 2.24) is 5.06 Å². The fraction of sp³-hybridized carbons (Fsp3) is 0.318. The van der Waals surface area contributed by atoms with Crippen LogP contribution in [-0.4, -0.2) is 39.1 Å². The van der Waals surface area contributed by atoms with E-state index in [4.69, 9.17) is 19.0 Å². The summed E-state index contributed by atoms with van der Waals surface area (Å²) in [4.78, 5) is 17.7. The molecule has 0 aliphatic heterocycles. The van der Waals surface area contributed by atoms with Gasteiger partial charge in [0.15, 0.2) is 0 Å². The average Bonchev–Trinajstić information content (AvgIpc) is 2.76. The van der Waals surface area contributed by atoms with Gasteiger partial charge in [0.2, 0.25) is 15.9 Å². The van der Waals surface area contributed by atoms with Crippen LogP contribution >= 0.6 is 7.60 Å². The Labute approximate surface area is 194 Å². The van der Waals surface area contributed by atoms with Crippen molar-refractivity contribution in [3.05, 3.63) is 71.8 Å². The zero-order valence-corrected chi connectivity index (χ0v) is 20.6. The third kappa shape index (κ3) is 7.89. The molecule has 0 unspecified atom stereocenters. The monoisotopic (exact) mass is 496 g/mol. The van der Waals surface area contributed by atoms with Gasteiger partial charge in [-0.25, -0.2) is 18.6 Å². The number of hydrogen-bond donors (Lipinski definition) is 1. The highest BCUT2D eigenvalue weighted by atomic mass is 32.2. The van der Waals surface area contributed by atoms with E-state index in [0.717, 1.165) is 10.6 Å². The van der Waals surface area contributed by atoms with Crippen LogP contribution in [0.1, 0.15) is 31.9 Å². The Morgan fingerprint density at radius 1 is 1.03 bits per heavy atom. The van der Waals surface area contributed by atoms with E-state index in [9.17, 15) is 17.8 Å². The Kier molecular flexibility index (Phi) is 9.97. The van der Waals surface area contributed by atoms with E-state index >= 15 is 0 Å². The van der Waals surface area contributed by atoms with Crippen LogP contribution in [-0.2, 0) is 39.9 Å². The minimum absolute atomic E-state index is 0.0431. The maximum Gasteiger partial charge on any atom is 0.361 e. The first-order chi connectivity index (χ1) is 15.6. The number of primary sulfonamides is 1. The largest absolute Gasteiger partial charge is 0.361 e. The minimum Gasteiger partial charge on any atom is -0.305 e. The van der Waals surface area contributed by atoms with Crippen LogP contribution in [0, 0.1) is 0 Å². The van der Waals surface area contributed by atoms with Crippen LogP contribution < -0.4 is 5.14 Å². The quantitative estimate of drug-likeness (QED) is 0.349. The molecule has 33 heavy (non-hydrogen) atoms. The molecule has 0 spiro atoms. The van der Waals surface area contributed by atoms with Crippen LogP contribution in [0.4, 0.5) is 0 Å². The third-order valence-electron chi connectivity index (χ3n) is 4.40. The molecule has 2 aromatic rings. The SMILES string of the molecule is CCOP(=O)(OCC)/C(=C\CN(OCc1ccccc1)C(C)=O)c1ccc(S(N)(=O)=O)cc1. The van der Waals surface area contributed by atoms with E-state index < -0.39 is 17.6 Å². The highest BCUT2D eigenvalue weighted by Crippen LogP contribution is 2.60. The van der Waals surface area contributed by atoms with Crippen molar-refractivity contribution >= 4 is 28.8 Å². The summed E-state index contributed by atoms with van der Waals surface area (Å²) in [6.07, 6.45) is 1.52. The fourth-order valence-corrected chi connectivity index (χ4v) is 5.21. The first-order valence-electron chi connectivity index (χ1n) is 10.3. The normalized spacial score (nSPS) is 12.5. The predicted octanol–water partition coefficient (Wildman–Crippen LogP) is 3.92. The molecule has 0 fully saturated rings. The molecule has 2 rings (SSSR count). The van der Waals surface area contributed by atoms with Crippen molar-refractivity contribution in [2.24, 2.45) is 5.14 Å². The molecule has 0 aromatic heterocycles. The van der Waals surface area contributed by atoms with Gasteiger partial charge in [-0.3, -0.25) is 14.2 Å². The van der Waals surface area contributed by atoms with Gasteiger partial charge in [0.05, 0.1) is 30.0 Å². The van der Waals surface area contributed by atoms with E-state index in [1.807, 2.05) is 30.3 Å². The molecule has 0 atom stereocenters. The first-order valence-corrected chi connectivity index (χ1v) is 13.4. The van der Waals surface area contributed by atoms with Crippen LogP contribution in [0.3, 0.4) is 0 Å². The molecule has 180 valence electrons. The molecule has 2 N–H and O–H groups in total. The van der Waals surface area contributed by atoms with Crippen molar-refractivity contribution in [1.29, 1.82) is 0 Å². The number of hydroxylamine groups is 2. The molecule has 0 aliphatic rings. The summed E-state index contributed by atoms with van der Waals surface area (Å²) in [5.74, 6) is -0.353. The molecule has 0 heterocycles. The number of nitrogens with zero attached hydrogens (tertiary/aromatic N) is 1. The number of carbonyl (C=O) groups is 1. The summed E-state index contributed by atoms with van der Waals surface area (Å²) in [6.45, 7) is 5.07. The average molecular weight is 497 g/mol. The zero-order chi connectivity index (χ0) is 24.5. The van der Waals surface area contributed by atoms with E-state index in [-0.39, 0.29) is 42.5 Å². The molecule has 11 heteroatoms. The van der Waals surface area contributed by atoms with Crippen LogP contribution in [0.2, 0.25) is 0 Å². The smallest absolute Gasteiger partial charge is 0.305 e. The van der Waals surface area contributed by atoms with Gasteiger partial charge >= 0.3 is 7.60 Å². The summed E-state index contributed by atoms with van der Waals surface area (Å²) in [6, 6.07) is 14.8. The van der Waals surface area contributed by atoms with Crippen molar-refractivity contribution in [3.63, 3.8) is 0 Å². The number of nitrogens with two attached hydrogens (primary N) is 1. The molecular weight excluding hydrogens is 467 g/mol. The van der Waals surface area contributed by atoms with Crippen LogP contribution in [0.25, 0.3) is 5.31 Å². The topological polar surface area (TPSA) is 125 Å². The van der Waals surface area contributed by atoms with E-state index in [1.54, 1.807) is 13.8 Å². The second-order valence-corrected chi connectivity index (χ2v) is 10.4. The summed E-state index contributed by atoms with van der Waals surface area (Å²) < 4.78 is 47.7. The van der Waals surface area contributed by atoms with Gasteiger partial charge in [0.1, 0.15) is 6.61 Å². The van der Waals surface area contributed by atoms with Gasteiger partial charge in [0, 0.05) is 6.92 Å². The van der Waals surface area contributed by atoms with E-state index in [0.29, 0.717) is 5.56 Å². The molecule has 1 amide bonds. The second-order valence-electron chi connectivity index (χ2n) is 6.83. The van der Waals surface area contributed by atoms with Gasteiger partial charge in [-0.2, -0.15) is 0 Å². The van der Waals surface area contributed by atoms with E-state index in [1.165, 1.54) is 37.3 Å². The van der Waals surface area contributed by atoms with Gasteiger partial charge in [-0.05, 0) is 43.2 Å². The highest BCUT2D eigenvalue weighted by molar-refractivity contribution is 7.89. The van der Waals surface area contributed by atoms with Gasteiger partial charge in [-0.15, -0.1) is 0 Å². The molecule has 2 aromatic carbocycles. The molecule has 0 aliphatic carbocycles. The van der Waals surface area contributed by atoms with Crippen LogP contribution in [0.15, 0.2) is 65.6 Å². The maximum absolute atomic E-state index is 13.6. The minimum atomic E-state index is -3.90. The lowest BCUT2D eigenvalue weighted by Crippen LogP contribution is -2.29. The molecule has 0 saturated carbocycles. The molecule has 9 nitrogen and oxygen atoms in total. The Bertz CT molecular complexity index is 1090. The summed E-state index contributed by atoms with van der Waals surface area (Å²) in [5, 5.41) is 6.48. The maximum atomic E-state index is 13.6. The van der Waals surface area contributed by atoms with E-state index in [2.05, 4.69) is 0 Å². The second kappa shape index (κ2) is 12.2. The zero-order valence-electron chi connectivity index (χ0n) is 18.8. The fourth-order valence-electron chi connectivity index (χ4n) is 2.89. The van der Waals surface area contributed by atoms with Crippen molar-refractivity contribution in [2.45, 2.75) is 32.3 Å². The lowest BCUT2D eigenvalue weighted by Gasteiger charge is -2.23. The number of carbonyl (C=O) groups excluding carboxylic acids is 1. The molecule has 0 radical (unpaired) electrons. The summed E-state index contributed by atoms with van der Waals surface area (Å²) >= 11 is 0. The number of rotatable bonds is 12. The molecule has 0 bridgehead atoms. The molecular formula is C22H29N2O7PS. The van der Waals surface area contributed by atoms with Crippen molar-refractivity contribution in [3.8, 4) is 0 Å². The summed E-state index contributed by atoms with van der Waals surface area (Å²) in [7, 11) is -7.68. The Morgan fingerprint density at radius 2 is 1.61 bits per heavy atom. The standard InChI is InChI=1S/C22H29N2O7PS/c1-4-30-32(26,31-5-2)22(20-11-13-21(14-12-20)33(23,27)28)15-16-24(18(3)25)29-17-19-9-7-6-8-10-19/h6-15H,4-5,16-17H2,1-3H3,(H2,23,27,28)/b22-15-.